The molecule has 2 aliphatic carbocycles. The van der Waals surface area contributed by atoms with E-state index in [9.17, 15) is 9.90 Å². The van der Waals surface area contributed by atoms with Gasteiger partial charge in [-0.25, -0.2) is 18.3 Å². The van der Waals surface area contributed by atoms with Crippen molar-refractivity contribution < 1.29 is 18.7 Å². The Morgan fingerprint density at radius 3 is 2.69 bits per heavy atom. The normalized spacial score (nSPS) is 25.0. The van der Waals surface area contributed by atoms with Gasteiger partial charge in [-0.15, -0.1) is 0 Å². The smallest absolute Gasteiger partial charge is 0.273 e. The molecule has 0 bridgehead atoms. The number of aromatic nitrogens is 3. The van der Waals surface area contributed by atoms with Crippen molar-refractivity contribution in [1.82, 2.24) is 19.5 Å². The summed E-state index contributed by atoms with van der Waals surface area (Å²) in [5.74, 6) is -1.22. The first kappa shape index (κ1) is 24.4. The van der Waals surface area contributed by atoms with Gasteiger partial charge in [0.15, 0.2) is 5.65 Å². The Hall–Kier alpha value is -3.69. The Bertz CT molecular complexity index is 1630. The number of aliphatic hydroxyl groups excluding tert-OH is 1. The average molecular weight is 530 g/mol. The molecule has 0 radical (unpaired) electrons. The van der Waals surface area contributed by atoms with Gasteiger partial charge in [-0.2, -0.15) is 5.10 Å². The lowest BCUT2D eigenvalue weighted by molar-refractivity contribution is 0.0671. The van der Waals surface area contributed by atoms with Crippen molar-refractivity contribution in [2.45, 2.75) is 56.5 Å². The highest BCUT2D eigenvalue weighted by Crippen LogP contribution is 2.56. The number of fused-ring (bicyclic) bond motifs is 2. The molecule has 4 aromatic rings. The van der Waals surface area contributed by atoms with Crippen LogP contribution in [0.1, 0.15) is 71.0 Å². The number of benzene rings is 2. The molecule has 2 aromatic heterocycles. The second kappa shape index (κ2) is 8.66. The highest BCUT2D eigenvalue weighted by Gasteiger charge is 2.59. The highest BCUT2D eigenvalue weighted by molar-refractivity contribution is 5.93. The summed E-state index contributed by atoms with van der Waals surface area (Å²) in [4.78, 5) is 20.2. The third-order valence-corrected chi connectivity index (χ3v) is 8.61. The van der Waals surface area contributed by atoms with Gasteiger partial charge in [0, 0.05) is 35.7 Å². The lowest BCUT2D eigenvalue weighted by atomic mass is 9.93. The van der Waals surface area contributed by atoms with Crippen molar-refractivity contribution in [3.63, 3.8) is 0 Å². The number of alkyl halides is 1. The van der Waals surface area contributed by atoms with Crippen LogP contribution in [0, 0.1) is 11.7 Å². The van der Waals surface area contributed by atoms with Gasteiger partial charge in [0.05, 0.1) is 11.7 Å². The van der Waals surface area contributed by atoms with Gasteiger partial charge < -0.3 is 15.7 Å². The number of rotatable bonds is 5. The van der Waals surface area contributed by atoms with Gasteiger partial charge in [-0.1, -0.05) is 30.3 Å². The van der Waals surface area contributed by atoms with Gasteiger partial charge in [-0.3, -0.25) is 4.79 Å². The van der Waals surface area contributed by atoms with Crippen LogP contribution in [0.3, 0.4) is 0 Å². The highest BCUT2D eigenvalue weighted by atomic mass is 19.1. The van der Waals surface area contributed by atoms with Gasteiger partial charge in [-0.05, 0) is 67.5 Å². The number of hydrogen-bond donors (Lipinski definition) is 2. The first-order valence-corrected chi connectivity index (χ1v) is 13.5. The fraction of sp³-hybridized carbons (Fsp3) is 0.367. The molecule has 2 saturated carbocycles. The number of amides is 1. The maximum atomic E-state index is 15.2. The zero-order chi connectivity index (χ0) is 27.1. The van der Waals surface area contributed by atoms with E-state index < -0.39 is 23.6 Å². The van der Waals surface area contributed by atoms with E-state index >= 15 is 8.78 Å². The van der Waals surface area contributed by atoms with Crippen molar-refractivity contribution in [2.24, 2.45) is 11.7 Å². The van der Waals surface area contributed by atoms with Crippen LogP contribution >= 0.6 is 0 Å². The lowest BCUT2D eigenvalue weighted by Crippen LogP contribution is -2.39. The average Bonchev–Trinajstić information content (AvgIpc) is 3.84. The number of aliphatic hydroxyl groups is 1. The molecule has 7 nitrogen and oxygen atoms in total. The van der Waals surface area contributed by atoms with Crippen LogP contribution in [0.25, 0.3) is 16.9 Å². The molecule has 2 aromatic carbocycles. The quantitative estimate of drug-likeness (QED) is 0.368. The number of carbonyl (C=O) groups is 1. The molecule has 0 saturated heterocycles. The van der Waals surface area contributed by atoms with Gasteiger partial charge in [0.1, 0.15) is 23.4 Å². The first-order valence-electron chi connectivity index (χ1n) is 13.5. The molecule has 2 unspecified atom stereocenters. The number of nitrogens with zero attached hydrogens (tertiary/aromatic N) is 4. The molecule has 3 N–H and O–H groups in total. The molecule has 1 amide bonds. The number of halogens is 2. The molecule has 39 heavy (non-hydrogen) atoms. The molecule has 0 spiro atoms. The maximum Gasteiger partial charge on any atom is 0.273 e. The summed E-state index contributed by atoms with van der Waals surface area (Å²) < 4.78 is 32.0. The standard InChI is InChI=1S/C30H29F2N5O2/c1-16-20-5-3-2-4-17(20)10-11-36(16)29(39)25-13-26(18-6-7-18)37-27(34-25)14-24(35-37)21-9-8-19(12-23(21)31)30(32)15-22(30)28(33)38/h2-5,8-9,12-14,16,18,22,28,38H,6-7,10-11,15,33H2,1H3/t16-,22?,28?,30+/m1/s1. The largest absolute Gasteiger partial charge is 0.378 e. The molecule has 3 heterocycles. The molecule has 7 rings (SSSR count). The predicted octanol–water partition coefficient (Wildman–Crippen LogP) is 4.63. The summed E-state index contributed by atoms with van der Waals surface area (Å²) >= 11 is 0. The van der Waals surface area contributed by atoms with Crippen LogP contribution in [-0.2, 0) is 12.1 Å². The zero-order valence-corrected chi connectivity index (χ0v) is 21.5. The van der Waals surface area contributed by atoms with Crippen LogP contribution in [0.15, 0.2) is 54.6 Å². The second-order valence-corrected chi connectivity index (χ2v) is 11.1. The number of hydrogen-bond acceptors (Lipinski definition) is 5. The first-order chi connectivity index (χ1) is 18.7. The molecular weight excluding hydrogens is 500 g/mol. The third-order valence-electron chi connectivity index (χ3n) is 8.61. The van der Waals surface area contributed by atoms with E-state index in [1.54, 1.807) is 10.6 Å². The predicted molar refractivity (Wildman–Crippen MR) is 141 cm³/mol. The van der Waals surface area contributed by atoms with E-state index in [2.05, 4.69) is 22.2 Å². The lowest BCUT2D eigenvalue weighted by Gasteiger charge is -2.35. The molecule has 4 atom stereocenters. The van der Waals surface area contributed by atoms with Crippen molar-refractivity contribution in [1.29, 1.82) is 0 Å². The van der Waals surface area contributed by atoms with E-state index in [0.29, 0.717) is 23.6 Å². The monoisotopic (exact) mass is 529 g/mol. The van der Waals surface area contributed by atoms with Crippen LogP contribution in [0.5, 0.6) is 0 Å². The topological polar surface area (TPSA) is 96.8 Å². The molecule has 1 aliphatic heterocycles. The summed E-state index contributed by atoms with van der Waals surface area (Å²) in [6.07, 6.45) is 1.55. The number of carbonyl (C=O) groups excluding carboxylic acids is 1. The molecule has 200 valence electrons. The summed E-state index contributed by atoms with van der Waals surface area (Å²) in [6, 6.07) is 15.8. The van der Waals surface area contributed by atoms with Gasteiger partial charge in [0.2, 0.25) is 0 Å². The summed E-state index contributed by atoms with van der Waals surface area (Å²) in [5.41, 5.74) is 8.48. The van der Waals surface area contributed by atoms with Gasteiger partial charge >= 0.3 is 0 Å². The van der Waals surface area contributed by atoms with Crippen LogP contribution < -0.4 is 5.73 Å². The molecule has 3 aliphatic rings. The summed E-state index contributed by atoms with van der Waals surface area (Å²) in [5, 5.41) is 14.2. The minimum Gasteiger partial charge on any atom is -0.378 e. The zero-order valence-electron chi connectivity index (χ0n) is 21.5. The minimum atomic E-state index is -1.82. The fourth-order valence-electron chi connectivity index (χ4n) is 6.07. The Kier molecular flexibility index (Phi) is 5.41. The Balaban J connectivity index is 1.23. The van der Waals surface area contributed by atoms with Crippen molar-refractivity contribution in [3.05, 3.63) is 88.5 Å². The Morgan fingerprint density at radius 2 is 1.97 bits per heavy atom. The Morgan fingerprint density at radius 1 is 1.18 bits per heavy atom. The van der Waals surface area contributed by atoms with Crippen LogP contribution in [0.2, 0.25) is 0 Å². The molecule has 2 fully saturated rings. The van der Waals surface area contributed by atoms with Gasteiger partial charge in [0.25, 0.3) is 5.91 Å². The maximum absolute atomic E-state index is 15.2. The van der Waals surface area contributed by atoms with E-state index in [-0.39, 0.29) is 35.4 Å². The summed E-state index contributed by atoms with van der Waals surface area (Å²) in [6.45, 7) is 2.65. The van der Waals surface area contributed by atoms with Crippen LogP contribution in [0.4, 0.5) is 8.78 Å². The van der Waals surface area contributed by atoms with Crippen molar-refractivity contribution in [2.75, 3.05) is 6.54 Å². The van der Waals surface area contributed by atoms with Crippen LogP contribution in [-0.4, -0.2) is 43.3 Å². The molecular formula is C30H29F2N5O2. The molecule has 9 heteroatoms. The van der Waals surface area contributed by atoms with E-state index in [1.165, 1.54) is 17.7 Å². The van der Waals surface area contributed by atoms with E-state index in [0.717, 1.165) is 36.6 Å². The van der Waals surface area contributed by atoms with E-state index in [4.69, 9.17) is 5.73 Å². The number of nitrogens with two attached hydrogens (primary N) is 1. The second-order valence-electron chi connectivity index (χ2n) is 11.1. The Labute approximate surface area is 224 Å². The third kappa shape index (κ3) is 3.94. The van der Waals surface area contributed by atoms with Crippen molar-refractivity contribution >= 4 is 11.6 Å². The van der Waals surface area contributed by atoms with Crippen molar-refractivity contribution in [3.8, 4) is 11.3 Å². The minimum absolute atomic E-state index is 0.0600. The fourth-order valence-corrected chi connectivity index (χ4v) is 6.07. The van der Waals surface area contributed by atoms with E-state index in [1.807, 2.05) is 30.0 Å². The summed E-state index contributed by atoms with van der Waals surface area (Å²) in [7, 11) is 0. The SMILES string of the molecule is C[C@@H]1c2ccccc2CCN1C(=O)c1cc(C2CC2)n2nc(-c3ccc([C@@]4(F)CC4C(N)O)cc3F)cc2n1.